The van der Waals surface area contributed by atoms with Gasteiger partial charge < -0.3 is 10.1 Å². The van der Waals surface area contributed by atoms with E-state index in [4.69, 9.17) is 16.3 Å². The second-order valence-electron chi connectivity index (χ2n) is 6.55. The second kappa shape index (κ2) is 8.92. The van der Waals surface area contributed by atoms with E-state index in [9.17, 15) is 9.59 Å². The van der Waals surface area contributed by atoms with Crippen LogP contribution in [0.15, 0.2) is 48.5 Å². The fourth-order valence-corrected chi connectivity index (χ4v) is 3.29. The normalized spacial score (nSPS) is 10.6. The van der Waals surface area contributed by atoms with Gasteiger partial charge in [-0.3, -0.25) is 9.48 Å². The van der Waals surface area contributed by atoms with Gasteiger partial charge in [0.15, 0.2) is 0 Å². The van der Waals surface area contributed by atoms with E-state index in [1.165, 1.54) is 0 Å². The van der Waals surface area contributed by atoms with E-state index in [0.717, 1.165) is 11.3 Å². The summed E-state index contributed by atoms with van der Waals surface area (Å²) in [6.07, 6.45) is 0. The first-order chi connectivity index (χ1) is 13.9. The smallest absolute Gasteiger partial charge is 0.338 e. The van der Waals surface area contributed by atoms with Gasteiger partial charge in [0.1, 0.15) is 0 Å². The molecule has 0 bridgehead atoms. The maximum atomic E-state index is 12.9. The van der Waals surface area contributed by atoms with Gasteiger partial charge in [-0.2, -0.15) is 5.10 Å². The highest BCUT2D eigenvalue weighted by atomic mass is 35.5. The molecule has 0 aliphatic heterocycles. The molecule has 1 N–H and O–H groups in total. The van der Waals surface area contributed by atoms with Crippen LogP contribution in [0.2, 0.25) is 5.02 Å². The molecule has 1 amide bonds. The number of carbonyl (C=O) groups is 2. The minimum absolute atomic E-state index is 0.286. The highest BCUT2D eigenvalue weighted by molar-refractivity contribution is 6.31. The van der Waals surface area contributed by atoms with Crippen molar-refractivity contribution in [3.05, 3.63) is 81.6 Å². The molecule has 1 aromatic heterocycles. The number of anilines is 1. The molecule has 0 fully saturated rings. The fraction of sp³-hybridized carbons (Fsp3) is 0.227. The van der Waals surface area contributed by atoms with E-state index in [-0.39, 0.29) is 5.91 Å². The van der Waals surface area contributed by atoms with E-state index < -0.39 is 5.97 Å². The quantitative estimate of drug-likeness (QED) is 0.600. The number of amides is 1. The zero-order valence-electron chi connectivity index (χ0n) is 16.5. The molecule has 0 saturated carbocycles. The lowest BCUT2D eigenvalue weighted by Crippen LogP contribution is -2.15. The standard InChI is InChI=1S/C22H22ClN3O3/c1-4-29-22(28)16-9-7-10-18(12-16)24-21(27)20-14(2)25-26(15(20)3)13-17-8-5-6-11-19(17)23/h5-12H,4,13H2,1-3H3,(H,24,27). The minimum atomic E-state index is -0.427. The lowest BCUT2D eigenvalue weighted by Gasteiger charge is -2.09. The van der Waals surface area contributed by atoms with Crippen LogP contribution in [-0.4, -0.2) is 28.3 Å². The molecule has 0 spiro atoms. The molecule has 3 rings (SSSR count). The first-order valence-corrected chi connectivity index (χ1v) is 9.64. The van der Waals surface area contributed by atoms with Crippen LogP contribution in [0.3, 0.4) is 0 Å². The molecule has 150 valence electrons. The Morgan fingerprint density at radius 2 is 1.90 bits per heavy atom. The molecule has 0 saturated heterocycles. The van der Waals surface area contributed by atoms with Gasteiger partial charge in [0.25, 0.3) is 5.91 Å². The van der Waals surface area contributed by atoms with Crippen LogP contribution in [0.4, 0.5) is 5.69 Å². The number of rotatable bonds is 6. The van der Waals surface area contributed by atoms with Crippen molar-refractivity contribution in [1.29, 1.82) is 0 Å². The number of nitrogens with zero attached hydrogens (tertiary/aromatic N) is 2. The van der Waals surface area contributed by atoms with Gasteiger partial charge >= 0.3 is 5.97 Å². The molecule has 7 heteroatoms. The zero-order chi connectivity index (χ0) is 21.0. The van der Waals surface area contributed by atoms with Crippen LogP contribution >= 0.6 is 11.6 Å². The van der Waals surface area contributed by atoms with E-state index in [1.807, 2.05) is 31.2 Å². The van der Waals surface area contributed by atoms with Crippen LogP contribution in [0.25, 0.3) is 0 Å². The highest BCUT2D eigenvalue weighted by Gasteiger charge is 2.20. The Morgan fingerprint density at radius 3 is 2.62 bits per heavy atom. The number of hydrogen-bond donors (Lipinski definition) is 1. The molecule has 0 aliphatic carbocycles. The molecular weight excluding hydrogens is 390 g/mol. The molecule has 2 aromatic carbocycles. The maximum Gasteiger partial charge on any atom is 0.338 e. The van der Waals surface area contributed by atoms with Crippen LogP contribution in [-0.2, 0) is 11.3 Å². The number of carbonyl (C=O) groups excluding carboxylic acids is 2. The number of hydrogen-bond acceptors (Lipinski definition) is 4. The summed E-state index contributed by atoms with van der Waals surface area (Å²) in [5.41, 5.74) is 3.67. The van der Waals surface area contributed by atoms with Crippen LogP contribution < -0.4 is 5.32 Å². The van der Waals surface area contributed by atoms with Crippen LogP contribution in [0.5, 0.6) is 0 Å². The monoisotopic (exact) mass is 411 g/mol. The van der Waals surface area contributed by atoms with Crippen molar-refractivity contribution in [3.63, 3.8) is 0 Å². The van der Waals surface area contributed by atoms with Crippen molar-refractivity contribution >= 4 is 29.2 Å². The third kappa shape index (κ3) is 4.66. The number of benzene rings is 2. The summed E-state index contributed by atoms with van der Waals surface area (Å²) in [5.74, 6) is -0.713. The van der Waals surface area contributed by atoms with Gasteiger partial charge in [0.2, 0.25) is 0 Å². The summed E-state index contributed by atoms with van der Waals surface area (Å²) in [7, 11) is 0. The second-order valence-corrected chi connectivity index (χ2v) is 6.96. The van der Waals surface area contributed by atoms with Gasteiger partial charge in [0.05, 0.1) is 30.0 Å². The summed E-state index contributed by atoms with van der Waals surface area (Å²) in [5, 5.41) is 8.00. The number of halogens is 1. The molecule has 0 aliphatic rings. The van der Waals surface area contributed by atoms with E-state index in [2.05, 4.69) is 10.4 Å². The first kappa shape index (κ1) is 20.6. The van der Waals surface area contributed by atoms with Crippen molar-refractivity contribution in [1.82, 2.24) is 9.78 Å². The first-order valence-electron chi connectivity index (χ1n) is 9.26. The van der Waals surface area contributed by atoms with Crippen LogP contribution in [0, 0.1) is 13.8 Å². The number of ether oxygens (including phenoxy) is 1. The number of aryl methyl sites for hydroxylation is 1. The molecule has 0 radical (unpaired) electrons. The van der Waals surface area contributed by atoms with Crippen molar-refractivity contribution < 1.29 is 14.3 Å². The molecule has 0 unspecified atom stereocenters. The van der Waals surface area contributed by atoms with Gasteiger partial charge in [-0.15, -0.1) is 0 Å². The third-order valence-corrected chi connectivity index (χ3v) is 4.89. The summed E-state index contributed by atoms with van der Waals surface area (Å²) in [6, 6.07) is 14.2. The highest BCUT2D eigenvalue weighted by Crippen LogP contribution is 2.21. The summed E-state index contributed by atoms with van der Waals surface area (Å²) in [4.78, 5) is 24.8. The molecule has 0 atom stereocenters. The lowest BCUT2D eigenvalue weighted by molar-refractivity contribution is 0.0526. The Kier molecular flexibility index (Phi) is 6.34. The SMILES string of the molecule is CCOC(=O)c1cccc(NC(=O)c2c(C)nn(Cc3ccccc3Cl)c2C)c1. The number of nitrogens with one attached hydrogen (secondary N) is 1. The van der Waals surface area contributed by atoms with Crippen molar-refractivity contribution in [2.45, 2.75) is 27.3 Å². The molecular formula is C22H22ClN3O3. The Labute approximate surface area is 174 Å². The average molecular weight is 412 g/mol. The molecule has 6 nitrogen and oxygen atoms in total. The van der Waals surface area contributed by atoms with Crippen molar-refractivity contribution in [2.24, 2.45) is 0 Å². The third-order valence-electron chi connectivity index (χ3n) is 4.52. The van der Waals surface area contributed by atoms with E-state index in [0.29, 0.717) is 40.7 Å². The van der Waals surface area contributed by atoms with Gasteiger partial charge in [-0.1, -0.05) is 35.9 Å². The van der Waals surface area contributed by atoms with Gasteiger partial charge in [-0.05, 0) is 50.6 Å². The summed E-state index contributed by atoms with van der Waals surface area (Å²) < 4.78 is 6.77. The zero-order valence-corrected chi connectivity index (χ0v) is 17.3. The molecule has 29 heavy (non-hydrogen) atoms. The Bertz CT molecular complexity index is 1060. The van der Waals surface area contributed by atoms with Crippen molar-refractivity contribution in [2.75, 3.05) is 11.9 Å². The number of aromatic nitrogens is 2. The number of esters is 1. The van der Waals surface area contributed by atoms with Crippen LogP contribution in [0.1, 0.15) is 44.6 Å². The molecule has 1 heterocycles. The Hall–Kier alpha value is -3.12. The average Bonchev–Trinajstić information content (AvgIpc) is 2.97. The Balaban J connectivity index is 1.82. The lowest BCUT2D eigenvalue weighted by atomic mass is 10.1. The van der Waals surface area contributed by atoms with E-state index in [1.54, 1.807) is 42.8 Å². The largest absolute Gasteiger partial charge is 0.462 e. The predicted molar refractivity (Wildman–Crippen MR) is 113 cm³/mol. The fourth-order valence-electron chi connectivity index (χ4n) is 3.10. The topological polar surface area (TPSA) is 73.2 Å². The summed E-state index contributed by atoms with van der Waals surface area (Å²) >= 11 is 6.25. The minimum Gasteiger partial charge on any atom is -0.462 e. The van der Waals surface area contributed by atoms with Gasteiger partial charge in [0, 0.05) is 16.4 Å². The molecule has 3 aromatic rings. The van der Waals surface area contributed by atoms with Crippen molar-refractivity contribution in [3.8, 4) is 0 Å². The Morgan fingerprint density at radius 1 is 1.14 bits per heavy atom. The predicted octanol–water partition coefficient (Wildman–Crippen LogP) is 4.63. The van der Waals surface area contributed by atoms with E-state index >= 15 is 0 Å². The van der Waals surface area contributed by atoms with Gasteiger partial charge in [-0.25, -0.2) is 4.79 Å². The maximum absolute atomic E-state index is 12.9. The summed E-state index contributed by atoms with van der Waals surface area (Å²) in [6.45, 7) is 6.15.